The lowest BCUT2D eigenvalue weighted by Crippen LogP contribution is -2.20. The van der Waals surface area contributed by atoms with Gasteiger partial charge >= 0.3 is 5.97 Å². The first-order chi connectivity index (χ1) is 11.5. The fraction of sp³-hybridized carbons (Fsp3) is 0.118. The second-order valence-corrected chi connectivity index (χ2v) is 5.70. The molecule has 0 aromatic heterocycles. The minimum Gasteiger partial charge on any atom is -0.484 e. The Morgan fingerprint density at radius 3 is 2.04 bits per heavy atom. The van der Waals surface area contributed by atoms with E-state index in [4.69, 9.17) is 15.2 Å². The number of Topliss-reactive ketones (excluding diaryl/α,β-unsaturated/α-hetero) is 1. The van der Waals surface area contributed by atoms with Crippen molar-refractivity contribution in [1.82, 2.24) is 0 Å². The van der Waals surface area contributed by atoms with Gasteiger partial charge in [-0.15, -0.1) is 0 Å². The van der Waals surface area contributed by atoms with Crippen LogP contribution in [0.4, 0.5) is 0 Å². The van der Waals surface area contributed by atoms with Gasteiger partial charge in [0.15, 0.2) is 19.0 Å². The van der Waals surface area contributed by atoms with Crippen LogP contribution in [0.5, 0.6) is 5.75 Å². The summed E-state index contributed by atoms with van der Waals surface area (Å²) in [7, 11) is 0. The maximum atomic E-state index is 11.9. The van der Waals surface area contributed by atoms with Crippen LogP contribution in [0.15, 0.2) is 53.0 Å². The van der Waals surface area contributed by atoms with Crippen molar-refractivity contribution in [1.29, 1.82) is 0 Å². The van der Waals surface area contributed by atoms with Crippen LogP contribution < -0.4 is 10.5 Å². The first kappa shape index (κ1) is 17.7. The Morgan fingerprint density at radius 2 is 1.46 bits per heavy atom. The average molecular weight is 392 g/mol. The summed E-state index contributed by atoms with van der Waals surface area (Å²) in [4.78, 5) is 34.5. The smallest absolute Gasteiger partial charge is 0.338 e. The van der Waals surface area contributed by atoms with Crippen LogP contribution in [0.3, 0.4) is 0 Å². The highest BCUT2D eigenvalue weighted by Gasteiger charge is 2.12. The molecule has 0 aliphatic carbocycles. The van der Waals surface area contributed by atoms with Crippen LogP contribution in [-0.2, 0) is 9.53 Å². The fourth-order valence-electron chi connectivity index (χ4n) is 1.78. The number of rotatable bonds is 7. The Kier molecular flexibility index (Phi) is 6.08. The number of nitrogens with two attached hydrogens (primary N) is 1. The number of carbonyl (C=O) groups is 3. The van der Waals surface area contributed by atoms with Gasteiger partial charge in [-0.1, -0.05) is 28.1 Å². The molecule has 2 rings (SSSR count). The fourth-order valence-corrected chi connectivity index (χ4v) is 2.04. The highest BCUT2D eigenvalue weighted by molar-refractivity contribution is 9.10. The van der Waals surface area contributed by atoms with E-state index in [9.17, 15) is 14.4 Å². The second kappa shape index (κ2) is 8.26. The van der Waals surface area contributed by atoms with Gasteiger partial charge in [-0.2, -0.15) is 0 Å². The summed E-state index contributed by atoms with van der Waals surface area (Å²) in [6, 6.07) is 12.7. The van der Waals surface area contributed by atoms with Crippen LogP contribution in [0.2, 0.25) is 0 Å². The number of hydrogen-bond donors (Lipinski definition) is 1. The van der Waals surface area contributed by atoms with Crippen molar-refractivity contribution in [3.8, 4) is 5.75 Å². The Balaban J connectivity index is 1.89. The number of halogens is 1. The molecule has 2 aromatic carbocycles. The molecule has 6 nitrogen and oxygen atoms in total. The van der Waals surface area contributed by atoms with Gasteiger partial charge < -0.3 is 15.2 Å². The van der Waals surface area contributed by atoms with E-state index in [0.717, 1.165) is 4.47 Å². The molecular formula is C17H14BrNO5. The number of benzene rings is 2. The number of hydrogen-bond acceptors (Lipinski definition) is 5. The Hall–Kier alpha value is -2.67. The summed E-state index contributed by atoms with van der Waals surface area (Å²) in [5.41, 5.74) is 5.70. The van der Waals surface area contributed by atoms with Gasteiger partial charge in [-0.05, 0) is 36.4 Å². The van der Waals surface area contributed by atoms with Gasteiger partial charge in [-0.25, -0.2) is 4.79 Å². The number of ether oxygens (including phenoxy) is 2. The van der Waals surface area contributed by atoms with Gasteiger partial charge in [0.05, 0.1) is 5.56 Å². The lowest BCUT2D eigenvalue weighted by atomic mass is 10.1. The number of primary amides is 1. The van der Waals surface area contributed by atoms with E-state index in [2.05, 4.69) is 15.9 Å². The predicted octanol–water partition coefficient (Wildman–Crippen LogP) is 2.35. The highest BCUT2D eigenvalue weighted by Crippen LogP contribution is 2.14. The molecule has 124 valence electrons. The first-order valence-corrected chi connectivity index (χ1v) is 7.72. The topological polar surface area (TPSA) is 95.7 Å². The van der Waals surface area contributed by atoms with E-state index < -0.39 is 11.9 Å². The van der Waals surface area contributed by atoms with Crippen molar-refractivity contribution in [2.75, 3.05) is 13.2 Å². The molecule has 0 fully saturated rings. The molecule has 0 aliphatic rings. The molecule has 0 saturated heterocycles. The molecule has 2 aromatic rings. The molecule has 0 unspecified atom stereocenters. The number of esters is 1. The van der Waals surface area contributed by atoms with Crippen LogP contribution in [0, 0.1) is 0 Å². The number of amides is 1. The summed E-state index contributed by atoms with van der Waals surface area (Å²) in [6.07, 6.45) is 0. The Morgan fingerprint density at radius 1 is 0.875 bits per heavy atom. The van der Waals surface area contributed by atoms with E-state index in [0.29, 0.717) is 11.3 Å². The average Bonchev–Trinajstić information content (AvgIpc) is 2.58. The maximum Gasteiger partial charge on any atom is 0.338 e. The van der Waals surface area contributed by atoms with Gasteiger partial charge in [0.1, 0.15) is 5.75 Å². The summed E-state index contributed by atoms with van der Waals surface area (Å²) >= 11 is 3.28. The maximum absolute atomic E-state index is 11.9. The SMILES string of the molecule is NC(=O)COc1ccc(C(=O)OCC(=O)c2ccc(Br)cc2)cc1. The van der Waals surface area contributed by atoms with Crippen molar-refractivity contribution in [3.05, 3.63) is 64.1 Å². The molecule has 0 heterocycles. The van der Waals surface area contributed by atoms with Crippen molar-refractivity contribution in [2.24, 2.45) is 5.73 Å². The van der Waals surface area contributed by atoms with Gasteiger partial charge in [-0.3, -0.25) is 9.59 Å². The van der Waals surface area contributed by atoms with Gasteiger partial charge in [0, 0.05) is 10.0 Å². The first-order valence-electron chi connectivity index (χ1n) is 6.93. The van der Waals surface area contributed by atoms with E-state index >= 15 is 0 Å². The molecule has 24 heavy (non-hydrogen) atoms. The third-order valence-electron chi connectivity index (χ3n) is 2.97. The molecule has 2 N–H and O–H groups in total. The van der Waals surface area contributed by atoms with E-state index in [1.807, 2.05) is 0 Å². The van der Waals surface area contributed by atoms with E-state index in [1.165, 1.54) is 24.3 Å². The molecule has 1 amide bonds. The number of carbonyl (C=O) groups excluding carboxylic acids is 3. The molecule has 0 spiro atoms. The summed E-state index contributed by atoms with van der Waals surface area (Å²) in [6.45, 7) is -0.591. The van der Waals surface area contributed by atoms with Crippen LogP contribution >= 0.6 is 15.9 Å². The minimum absolute atomic E-state index is 0.245. The zero-order chi connectivity index (χ0) is 17.5. The van der Waals surface area contributed by atoms with Crippen molar-refractivity contribution in [2.45, 2.75) is 0 Å². The van der Waals surface area contributed by atoms with Crippen molar-refractivity contribution >= 4 is 33.6 Å². The minimum atomic E-state index is -0.623. The second-order valence-electron chi connectivity index (χ2n) is 4.79. The molecule has 0 atom stereocenters. The zero-order valence-corrected chi connectivity index (χ0v) is 14.1. The molecule has 0 radical (unpaired) electrons. The predicted molar refractivity (Wildman–Crippen MR) is 89.9 cm³/mol. The molecule has 7 heteroatoms. The van der Waals surface area contributed by atoms with E-state index in [-0.39, 0.29) is 24.6 Å². The Bertz CT molecular complexity index is 741. The Labute approximate surface area is 146 Å². The number of ketones is 1. The molecular weight excluding hydrogens is 378 g/mol. The van der Waals surface area contributed by atoms with E-state index in [1.54, 1.807) is 24.3 Å². The largest absolute Gasteiger partial charge is 0.484 e. The quantitative estimate of drug-likeness (QED) is 0.577. The molecule has 0 aliphatic heterocycles. The lowest BCUT2D eigenvalue weighted by molar-refractivity contribution is -0.119. The van der Waals surface area contributed by atoms with Gasteiger partial charge in [0.2, 0.25) is 0 Å². The van der Waals surface area contributed by atoms with Crippen LogP contribution in [-0.4, -0.2) is 30.9 Å². The lowest BCUT2D eigenvalue weighted by Gasteiger charge is -2.06. The summed E-state index contributed by atoms with van der Waals surface area (Å²) in [5.74, 6) is -1.11. The van der Waals surface area contributed by atoms with Crippen LogP contribution in [0.25, 0.3) is 0 Å². The highest BCUT2D eigenvalue weighted by atomic mass is 79.9. The standard InChI is InChI=1S/C17H14BrNO5/c18-13-5-1-11(2-6-13)15(20)9-24-17(22)12-3-7-14(8-4-12)23-10-16(19)21/h1-8H,9-10H2,(H2,19,21). The normalized spacial score (nSPS) is 10.0. The molecule has 0 bridgehead atoms. The molecule has 0 saturated carbocycles. The van der Waals surface area contributed by atoms with Crippen molar-refractivity contribution in [3.63, 3.8) is 0 Å². The van der Waals surface area contributed by atoms with Crippen molar-refractivity contribution < 1.29 is 23.9 Å². The summed E-state index contributed by atoms with van der Waals surface area (Å²) < 4.78 is 10.9. The third kappa shape index (κ3) is 5.20. The monoisotopic (exact) mass is 391 g/mol. The van der Waals surface area contributed by atoms with Gasteiger partial charge in [0.25, 0.3) is 5.91 Å². The van der Waals surface area contributed by atoms with Crippen LogP contribution in [0.1, 0.15) is 20.7 Å². The summed E-state index contributed by atoms with van der Waals surface area (Å²) in [5, 5.41) is 0. The third-order valence-corrected chi connectivity index (χ3v) is 3.50. The zero-order valence-electron chi connectivity index (χ0n) is 12.5.